The summed E-state index contributed by atoms with van der Waals surface area (Å²) in [5, 5.41) is 0. The van der Waals surface area contributed by atoms with Gasteiger partial charge < -0.3 is 10.6 Å². The highest BCUT2D eigenvalue weighted by Gasteiger charge is 2.16. The summed E-state index contributed by atoms with van der Waals surface area (Å²) in [5.41, 5.74) is 7.47. The Bertz CT molecular complexity index is 315. The summed E-state index contributed by atoms with van der Waals surface area (Å²) in [6, 6.07) is 10.6. The molecule has 2 heteroatoms. The van der Waals surface area contributed by atoms with Crippen LogP contribution >= 0.6 is 0 Å². The van der Waals surface area contributed by atoms with Crippen molar-refractivity contribution in [2.45, 2.75) is 32.2 Å². The first-order chi connectivity index (χ1) is 8.25. The molecule has 2 N–H and O–H groups in total. The molecule has 0 radical (unpaired) electrons. The van der Waals surface area contributed by atoms with E-state index in [-0.39, 0.29) is 6.04 Å². The molecule has 1 aliphatic heterocycles. The highest BCUT2D eigenvalue weighted by molar-refractivity contribution is 5.18. The Morgan fingerprint density at radius 2 is 1.88 bits per heavy atom. The Morgan fingerprint density at radius 1 is 1.24 bits per heavy atom. The van der Waals surface area contributed by atoms with Gasteiger partial charge in [0.1, 0.15) is 0 Å². The van der Waals surface area contributed by atoms with Gasteiger partial charge >= 0.3 is 0 Å². The smallest absolute Gasteiger partial charge is 0.0307 e. The maximum absolute atomic E-state index is 6.21. The molecule has 1 saturated heterocycles. The molecule has 1 fully saturated rings. The Kier molecular flexibility index (Phi) is 4.57. The van der Waals surface area contributed by atoms with Gasteiger partial charge in [-0.1, -0.05) is 37.3 Å². The van der Waals surface area contributed by atoms with Crippen LogP contribution in [0.15, 0.2) is 30.3 Å². The van der Waals surface area contributed by atoms with Gasteiger partial charge in [-0.15, -0.1) is 0 Å². The molecular weight excluding hydrogens is 208 g/mol. The number of benzene rings is 1. The van der Waals surface area contributed by atoms with Crippen LogP contribution in [0.25, 0.3) is 0 Å². The molecule has 17 heavy (non-hydrogen) atoms. The summed E-state index contributed by atoms with van der Waals surface area (Å²) in [4.78, 5) is 2.56. The molecule has 0 amide bonds. The third-order valence-corrected chi connectivity index (χ3v) is 3.86. The first-order valence-corrected chi connectivity index (χ1v) is 6.78. The van der Waals surface area contributed by atoms with Crippen LogP contribution in [0.2, 0.25) is 0 Å². The third kappa shape index (κ3) is 3.83. The predicted octanol–water partition coefficient (Wildman–Crippen LogP) is 2.81. The zero-order valence-electron chi connectivity index (χ0n) is 10.8. The zero-order chi connectivity index (χ0) is 12.1. The quantitative estimate of drug-likeness (QED) is 0.865. The molecule has 1 aliphatic rings. The van der Waals surface area contributed by atoms with Crippen LogP contribution in [-0.4, -0.2) is 24.5 Å². The molecule has 0 spiro atoms. The van der Waals surface area contributed by atoms with Gasteiger partial charge in [0.15, 0.2) is 0 Å². The number of hydrogen-bond acceptors (Lipinski definition) is 2. The Morgan fingerprint density at radius 3 is 2.53 bits per heavy atom. The van der Waals surface area contributed by atoms with Crippen molar-refractivity contribution >= 4 is 0 Å². The lowest BCUT2D eigenvalue weighted by molar-refractivity contribution is 0.187. The van der Waals surface area contributed by atoms with Crippen molar-refractivity contribution in [1.82, 2.24) is 4.90 Å². The predicted molar refractivity (Wildman–Crippen MR) is 72.8 cm³/mol. The molecular formula is C15H24N2. The summed E-state index contributed by atoms with van der Waals surface area (Å²) in [6.45, 7) is 6.00. The monoisotopic (exact) mass is 232 g/mol. The van der Waals surface area contributed by atoms with E-state index in [0.717, 1.165) is 18.9 Å². The second-order valence-corrected chi connectivity index (χ2v) is 5.33. The van der Waals surface area contributed by atoms with Crippen molar-refractivity contribution in [3.8, 4) is 0 Å². The minimum Gasteiger partial charge on any atom is -0.324 e. The fourth-order valence-corrected chi connectivity index (χ4v) is 2.47. The standard InChI is InChI=1S/C15H24N2/c1-13-7-10-17(11-8-13)12-9-15(16)14-5-3-2-4-6-14/h2-6,13,15H,7-12,16H2,1H3/t15-/m0/s1. The van der Waals surface area contributed by atoms with E-state index in [4.69, 9.17) is 5.73 Å². The van der Waals surface area contributed by atoms with Gasteiger partial charge in [0.05, 0.1) is 0 Å². The van der Waals surface area contributed by atoms with Gasteiger partial charge in [-0.25, -0.2) is 0 Å². The molecule has 1 atom stereocenters. The van der Waals surface area contributed by atoms with Crippen molar-refractivity contribution in [3.05, 3.63) is 35.9 Å². The lowest BCUT2D eigenvalue weighted by atomic mass is 9.98. The van der Waals surface area contributed by atoms with Gasteiger partial charge in [-0.05, 0) is 50.4 Å². The number of likely N-dealkylation sites (tertiary alicyclic amines) is 1. The van der Waals surface area contributed by atoms with Gasteiger partial charge in [0.2, 0.25) is 0 Å². The number of nitrogens with two attached hydrogens (primary N) is 1. The maximum Gasteiger partial charge on any atom is 0.0307 e. The van der Waals surface area contributed by atoms with Crippen LogP contribution < -0.4 is 5.73 Å². The first kappa shape index (κ1) is 12.6. The zero-order valence-corrected chi connectivity index (χ0v) is 10.8. The topological polar surface area (TPSA) is 29.3 Å². The number of hydrogen-bond donors (Lipinski definition) is 1. The van der Waals surface area contributed by atoms with Crippen molar-refractivity contribution in [2.24, 2.45) is 11.7 Å². The van der Waals surface area contributed by atoms with Crippen LogP contribution in [0.3, 0.4) is 0 Å². The molecule has 0 aliphatic carbocycles. The van der Waals surface area contributed by atoms with E-state index in [0.29, 0.717) is 0 Å². The number of nitrogens with zero attached hydrogens (tertiary/aromatic N) is 1. The molecule has 2 rings (SSSR count). The highest BCUT2D eigenvalue weighted by atomic mass is 15.1. The van der Waals surface area contributed by atoms with Crippen molar-refractivity contribution < 1.29 is 0 Å². The Labute approximate surface area is 105 Å². The maximum atomic E-state index is 6.21. The van der Waals surface area contributed by atoms with E-state index < -0.39 is 0 Å². The van der Waals surface area contributed by atoms with Crippen LogP contribution in [0.5, 0.6) is 0 Å². The van der Waals surface area contributed by atoms with Crippen molar-refractivity contribution in [3.63, 3.8) is 0 Å². The summed E-state index contributed by atoms with van der Waals surface area (Å²) in [7, 11) is 0. The van der Waals surface area contributed by atoms with Crippen molar-refractivity contribution in [2.75, 3.05) is 19.6 Å². The molecule has 1 aromatic carbocycles. The average molecular weight is 232 g/mol. The van der Waals surface area contributed by atoms with Crippen LogP contribution in [-0.2, 0) is 0 Å². The molecule has 0 aromatic heterocycles. The van der Waals surface area contributed by atoms with Gasteiger partial charge in [0.25, 0.3) is 0 Å². The summed E-state index contributed by atoms with van der Waals surface area (Å²) >= 11 is 0. The Hall–Kier alpha value is -0.860. The minimum absolute atomic E-state index is 0.190. The van der Waals surface area contributed by atoms with Crippen LogP contribution in [0.4, 0.5) is 0 Å². The highest BCUT2D eigenvalue weighted by Crippen LogP contribution is 2.18. The van der Waals surface area contributed by atoms with Gasteiger partial charge in [-0.2, -0.15) is 0 Å². The average Bonchev–Trinajstić information content (AvgIpc) is 2.39. The summed E-state index contributed by atoms with van der Waals surface area (Å²) in [5.74, 6) is 0.911. The normalized spacial score (nSPS) is 20.4. The van der Waals surface area contributed by atoms with E-state index >= 15 is 0 Å². The Balaban J connectivity index is 1.75. The number of piperidine rings is 1. The van der Waals surface area contributed by atoms with Crippen LogP contribution in [0, 0.1) is 5.92 Å². The fraction of sp³-hybridized carbons (Fsp3) is 0.600. The lowest BCUT2D eigenvalue weighted by Crippen LogP contribution is -2.34. The molecule has 2 nitrogen and oxygen atoms in total. The molecule has 0 bridgehead atoms. The van der Waals surface area contributed by atoms with Gasteiger partial charge in [-0.3, -0.25) is 0 Å². The van der Waals surface area contributed by atoms with Gasteiger partial charge in [0, 0.05) is 6.04 Å². The molecule has 94 valence electrons. The molecule has 1 aromatic rings. The summed E-state index contributed by atoms with van der Waals surface area (Å²) < 4.78 is 0. The second kappa shape index (κ2) is 6.18. The second-order valence-electron chi connectivity index (χ2n) is 5.33. The third-order valence-electron chi connectivity index (χ3n) is 3.86. The van der Waals surface area contributed by atoms with E-state index in [9.17, 15) is 0 Å². The van der Waals surface area contributed by atoms with Crippen LogP contribution in [0.1, 0.15) is 37.8 Å². The number of rotatable bonds is 4. The fourth-order valence-electron chi connectivity index (χ4n) is 2.47. The van der Waals surface area contributed by atoms with E-state index in [1.165, 1.54) is 31.5 Å². The van der Waals surface area contributed by atoms with E-state index in [2.05, 4.69) is 36.1 Å². The van der Waals surface area contributed by atoms with E-state index in [1.807, 2.05) is 6.07 Å². The lowest BCUT2D eigenvalue weighted by Gasteiger charge is -2.30. The molecule has 1 heterocycles. The SMILES string of the molecule is CC1CCN(CC[C@H](N)c2ccccc2)CC1. The summed E-state index contributed by atoms with van der Waals surface area (Å²) in [6.07, 6.45) is 3.76. The van der Waals surface area contributed by atoms with Crippen molar-refractivity contribution in [1.29, 1.82) is 0 Å². The molecule has 0 unspecified atom stereocenters. The van der Waals surface area contributed by atoms with E-state index in [1.54, 1.807) is 0 Å². The first-order valence-electron chi connectivity index (χ1n) is 6.78. The molecule has 0 saturated carbocycles. The minimum atomic E-state index is 0.190. The largest absolute Gasteiger partial charge is 0.324 e.